The number of halogens is 3. The summed E-state index contributed by atoms with van der Waals surface area (Å²) in [6.07, 6.45) is 0. The number of hydrogen-bond donors (Lipinski definition) is 1. The molecule has 0 radical (unpaired) electrons. The molecule has 0 unspecified atom stereocenters. The first-order valence-corrected chi connectivity index (χ1v) is 8.24. The Kier molecular flexibility index (Phi) is 5.79. The van der Waals surface area contributed by atoms with Crippen LogP contribution in [0.25, 0.3) is 0 Å². The molecule has 0 saturated carbocycles. The Morgan fingerprint density at radius 3 is 2.75 bits per heavy atom. The van der Waals surface area contributed by atoms with E-state index in [1.54, 1.807) is 0 Å². The zero-order valence-corrected chi connectivity index (χ0v) is 12.4. The van der Waals surface area contributed by atoms with Crippen LogP contribution in [0.3, 0.4) is 0 Å². The van der Waals surface area contributed by atoms with E-state index < -0.39 is 39.5 Å². The summed E-state index contributed by atoms with van der Waals surface area (Å²) in [4.78, 5) is 14.8. The number of nitrogens with zero attached hydrogens (tertiary/aromatic N) is 1. The van der Waals surface area contributed by atoms with Crippen LogP contribution in [0.2, 0.25) is 0 Å². The van der Waals surface area contributed by atoms with E-state index in [0.29, 0.717) is 11.3 Å². The molecule has 0 aliphatic carbocycles. The lowest BCUT2D eigenvalue weighted by atomic mass is 10.5. The molecule has 114 valence electrons. The third-order valence-corrected chi connectivity index (χ3v) is 5.38. The van der Waals surface area contributed by atoms with Crippen LogP contribution in [0, 0.1) is 0 Å². The zero-order chi connectivity index (χ0) is 15.4. The minimum absolute atomic E-state index is 0.344. The van der Waals surface area contributed by atoms with Gasteiger partial charge in [-0.25, -0.2) is 22.9 Å². The summed E-state index contributed by atoms with van der Waals surface area (Å²) in [5.41, 5.74) is -3.69. The number of sulfonamides is 1. The van der Waals surface area contributed by atoms with E-state index in [1.807, 2.05) is 4.72 Å². The van der Waals surface area contributed by atoms with Crippen molar-refractivity contribution in [2.75, 3.05) is 19.4 Å². The molecule has 0 fully saturated rings. The molecular formula is C8H9F3N2O4S3. The topological polar surface area (TPSA) is 85.4 Å². The highest BCUT2D eigenvalue weighted by molar-refractivity contribution is 8.00. The lowest BCUT2D eigenvalue weighted by Gasteiger charge is -2.07. The number of thioether (sulfide) groups is 1. The van der Waals surface area contributed by atoms with Gasteiger partial charge in [0.05, 0.1) is 12.6 Å². The van der Waals surface area contributed by atoms with Gasteiger partial charge in [-0.05, 0) is 11.8 Å². The van der Waals surface area contributed by atoms with Gasteiger partial charge in [0.1, 0.15) is 0 Å². The van der Waals surface area contributed by atoms with E-state index in [2.05, 4.69) is 9.72 Å². The Balaban J connectivity index is 2.70. The molecule has 1 rings (SSSR count). The molecule has 1 heterocycles. The van der Waals surface area contributed by atoms with Gasteiger partial charge >= 0.3 is 11.5 Å². The highest BCUT2D eigenvalue weighted by atomic mass is 32.2. The molecule has 0 atom stereocenters. The van der Waals surface area contributed by atoms with Crippen molar-refractivity contribution in [1.82, 2.24) is 9.71 Å². The van der Waals surface area contributed by atoms with Crippen molar-refractivity contribution in [3.63, 3.8) is 0 Å². The van der Waals surface area contributed by atoms with E-state index in [0.717, 1.165) is 12.6 Å². The first kappa shape index (κ1) is 17.2. The maximum atomic E-state index is 11.9. The number of methoxy groups -OCH3 is 1. The predicted molar refractivity (Wildman–Crippen MR) is 67.2 cm³/mol. The summed E-state index contributed by atoms with van der Waals surface area (Å²) >= 11 is 0.328. The Bertz CT molecular complexity index is 570. The van der Waals surface area contributed by atoms with Gasteiger partial charge in [0.2, 0.25) is 0 Å². The summed E-state index contributed by atoms with van der Waals surface area (Å²) in [7, 11) is -3.03. The Labute approximate surface area is 120 Å². The molecule has 0 aromatic carbocycles. The van der Waals surface area contributed by atoms with Crippen molar-refractivity contribution in [3.05, 3.63) is 11.2 Å². The minimum Gasteiger partial charge on any atom is -0.464 e. The number of rotatable bonds is 6. The van der Waals surface area contributed by atoms with Crippen LogP contribution in [-0.2, 0) is 14.8 Å². The number of carbonyl (C=O) groups is 1. The summed E-state index contributed by atoms with van der Waals surface area (Å²) in [6.45, 7) is -0.426. The monoisotopic (exact) mass is 350 g/mol. The maximum absolute atomic E-state index is 11.9. The van der Waals surface area contributed by atoms with E-state index in [-0.39, 0.29) is 16.0 Å². The van der Waals surface area contributed by atoms with Gasteiger partial charge < -0.3 is 4.74 Å². The molecule has 0 spiro atoms. The van der Waals surface area contributed by atoms with E-state index in [1.165, 1.54) is 0 Å². The van der Waals surface area contributed by atoms with Crippen molar-refractivity contribution in [1.29, 1.82) is 0 Å². The van der Waals surface area contributed by atoms with Gasteiger partial charge in [0, 0.05) is 12.3 Å². The van der Waals surface area contributed by atoms with Crippen molar-refractivity contribution >= 4 is 39.1 Å². The highest BCUT2D eigenvalue weighted by Gasteiger charge is 2.29. The van der Waals surface area contributed by atoms with Crippen LogP contribution in [0.15, 0.2) is 9.72 Å². The second kappa shape index (κ2) is 6.74. The molecule has 1 aromatic heterocycles. The standard InChI is InChI=1S/C8H9F3N2O4S3/c1-17-6(14)5-7(18-4-12-5)20(15,16)13-2-3-19-8(9,10)11/h4,13H,2-3H2,1H3. The van der Waals surface area contributed by atoms with Gasteiger partial charge in [0.15, 0.2) is 9.90 Å². The van der Waals surface area contributed by atoms with Crippen molar-refractivity contribution < 1.29 is 31.1 Å². The molecule has 20 heavy (non-hydrogen) atoms. The smallest absolute Gasteiger partial charge is 0.441 e. The fourth-order valence-electron chi connectivity index (χ4n) is 1.07. The quantitative estimate of drug-likeness (QED) is 0.618. The summed E-state index contributed by atoms with van der Waals surface area (Å²) in [5, 5.41) is 0. The van der Waals surface area contributed by atoms with Crippen LogP contribution < -0.4 is 4.72 Å². The Hall–Kier alpha value is -0.850. The predicted octanol–water partition coefficient (Wildman–Crippen LogP) is 1.46. The second-order valence-electron chi connectivity index (χ2n) is 3.17. The summed E-state index contributed by atoms with van der Waals surface area (Å²) < 4.78 is 65.2. The average Bonchev–Trinajstić information content (AvgIpc) is 2.82. The SMILES string of the molecule is COC(=O)c1ncsc1S(=O)(=O)NCCSC(F)(F)F. The fraction of sp³-hybridized carbons (Fsp3) is 0.500. The molecule has 1 N–H and O–H groups in total. The van der Waals surface area contributed by atoms with Crippen LogP contribution in [0.1, 0.15) is 10.5 Å². The number of ether oxygens (including phenoxy) is 1. The Morgan fingerprint density at radius 2 is 2.20 bits per heavy atom. The number of thiazole rings is 1. The molecule has 0 bridgehead atoms. The van der Waals surface area contributed by atoms with E-state index in [4.69, 9.17) is 0 Å². The number of hydrogen-bond acceptors (Lipinski definition) is 7. The van der Waals surface area contributed by atoms with Gasteiger partial charge in [-0.1, -0.05) is 0 Å². The first-order valence-electron chi connectivity index (χ1n) is 4.89. The molecule has 0 amide bonds. The third kappa shape index (κ3) is 4.92. The van der Waals surface area contributed by atoms with E-state index >= 15 is 0 Å². The van der Waals surface area contributed by atoms with Gasteiger partial charge in [-0.2, -0.15) is 13.2 Å². The summed E-state index contributed by atoms with van der Waals surface area (Å²) in [6, 6.07) is 0. The molecule has 6 nitrogen and oxygen atoms in total. The number of aromatic nitrogens is 1. The lowest BCUT2D eigenvalue weighted by molar-refractivity contribution is -0.0327. The van der Waals surface area contributed by atoms with Crippen molar-refractivity contribution in [3.8, 4) is 0 Å². The Morgan fingerprint density at radius 1 is 1.55 bits per heavy atom. The van der Waals surface area contributed by atoms with Gasteiger partial charge in [-0.15, -0.1) is 11.3 Å². The van der Waals surface area contributed by atoms with E-state index in [9.17, 15) is 26.4 Å². The second-order valence-corrected chi connectivity index (χ2v) is 7.15. The molecular weight excluding hydrogens is 341 g/mol. The number of alkyl halides is 3. The zero-order valence-electron chi connectivity index (χ0n) is 9.93. The molecule has 12 heteroatoms. The lowest BCUT2D eigenvalue weighted by Crippen LogP contribution is -2.27. The average molecular weight is 350 g/mol. The molecule has 0 aliphatic rings. The summed E-state index contributed by atoms with van der Waals surface area (Å²) in [5.74, 6) is -1.41. The largest absolute Gasteiger partial charge is 0.464 e. The van der Waals surface area contributed by atoms with Crippen molar-refractivity contribution in [2.24, 2.45) is 0 Å². The van der Waals surface area contributed by atoms with Crippen LogP contribution in [0.5, 0.6) is 0 Å². The number of esters is 1. The normalized spacial score (nSPS) is 12.4. The molecule has 0 aliphatic heterocycles. The maximum Gasteiger partial charge on any atom is 0.441 e. The van der Waals surface area contributed by atoms with Crippen LogP contribution in [0.4, 0.5) is 13.2 Å². The fourth-order valence-corrected chi connectivity index (χ4v) is 3.84. The number of nitrogens with one attached hydrogen (secondary N) is 1. The van der Waals surface area contributed by atoms with Gasteiger partial charge in [0.25, 0.3) is 10.0 Å². The molecule has 0 saturated heterocycles. The molecule has 1 aromatic rings. The highest BCUT2D eigenvalue weighted by Crippen LogP contribution is 2.29. The third-order valence-electron chi connectivity index (χ3n) is 1.82. The first-order chi connectivity index (χ1) is 9.17. The van der Waals surface area contributed by atoms with Crippen LogP contribution in [-0.4, -0.2) is 44.3 Å². The van der Waals surface area contributed by atoms with Crippen molar-refractivity contribution in [2.45, 2.75) is 9.72 Å². The minimum atomic E-state index is -4.42. The number of carbonyl (C=O) groups excluding carboxylic acids is 1. The van der Waals surface area contributed by atoms with Crippen LogP contribution >= 0.6 is 23.1 Å². The van der Waals surface area contributed by atoms with Gasteiger partial charge in [-0.3, -0.25) is 0 Å².